The maximum absolute atomic E-state index is 2.38. The minimum atomic E-state index is 1.10. The van der Waals surface area contributed by atoms with Gasteiger partial charge in [-0.1, -0.05) is 194 Å². The van der Waals surface area contributed by atoms with Crippen molar-refractivity contribution in [3.05, 3.63) is 260 Å². The number of hydrogen-bond donors (Lipinski definition) is 0. The van der Waals surface area contributed by atoms with Gasteiger partial charge in [0.05, 0.1) is 11.4 Å². The van der Waals surface area contributed by atoms with E-state index in [0.29, 0.717) is 0 Å². The van der Waals surface area contributed by atoms with E-state index < -0.39 is 0 Å². The quantitative estimate of drug-likeness (QED) is 0.136. The Morgan fingerprint density at radius 1 is 0.297 bits per heavy atom. The Balaban J connectivity index is 0.946. The Hall–Kier alpha value is -8.20. The summed E-state index contributed by atoms with van der Waals surface area (Å²) >= 11 is 0. The van der Waals surface area contributed by atoms with Crippen LogP contribution >= 0.6 is 0 Å². The standard InChI is InChI=1S/C62H46N2/c1-3-21-51(22-4-1)63(53-41-37-47(38-42-53)57-29-15-19-45-17-7-9-25-55(45)57)61-31-13-11-27-59(61)49-33-35-50(36-34-49)60-28-12-14-32-62(60)64(52-23-5-2-6-24-52)54-43-39-48(40-44-54)58-30-16-20-46-18-8-10-26-56(46)58/h1-7,9-17,19-44H,8,18H2. The van der Waals surface area contributed by atoms with Gasteiger partial charge in [0.1, 0.15) is 0 Å². The van der Waals surface area contributed by atoms with E-state index in [4.69, 9.17) is 0 Å². The number of para-hydroxylation sites is 4. The van der Waals surface area contributed by atoms with Crippen molar-refractivity contribution in [2.24, 2.45) is 0 Å². The smallest absolute Gasteiger partial charge is 0.0540 e. The Morgan fingerprint density at radius 3 is 1.30 bits per heavy atom. The number of allylic oxidation sites excluding steroid dienone is 1. The largest absolute Gasteiger partial charge is 0.310 e. The van der Waals surface area contributed by atoms with Gasteiger partial charge < -0.3 is 9.80 Å². The van der Waals surface area contributed by atoms with Gasteiger partial charge in [0.25, 0.3) is 0 Å². The lowest BCUT2D eigenvalue weighted by Crippen LogP contribution is -2.11. The van der Waals surface area contributed by atoms with Crippen molar-refractivity contribution in [3.8, 4) is 44.5 Å². The molecular weight excluding hydrogens is 773 g/mol. The zero-order chi connectivity index (χ0) is 42.7. The van der Waals surface area contributed by atoms with Gasteiger partial charge in [-0.25, -0.2) is 0 Å². The average Bonchev–Trinajstić information content (AvgIpc) is 3.38. The Kier molecular flexibility index (Phi) is 10.5. The van der Waals surface area contributed by atoms with Crippen LogP contribution in [0.4, 0.5) is 34.1 Å². The van der Waals surface area contributed by atoms with Crippen LogP contribution in [0, 0.1) is 0 Å². The second-order valence-electron chi connectivity index (χ2n) is 16.4. The molecule has 64 heavy (non-hydrogen) atoms. The van der Waals surface area contributed by atoms with Gasteiger partial charge in [0.2, 0.25) is 0 Å². The predicted molar refractivity (Wildman–Crippen MR) is 272 cm³/mol. The highest BCUT2D eigenvalue weighted by molar-refractivity contribution is 5.97. The zero-order valence-corrected chi connectivity index (χ0v) is 35.6. The summed E-state index contributed by atoms with van der Waals surface area (Å²) in [6.45, 7) is 0. The van der Waals surface area contributed by atoms with Crippen LogP contribution in [0.1, 0.15) is 17.5 Å². The molecule has 2 nitrogen and oxygen atoms in total. The molecule has 0 atom stereocenters. The monoisotopic (exact) mass is 818 g/mol. The summed E-state index contributed by atoms with van der Waals surface area (Å²) in [5.74, 6) is 0. The maximum atomic E-state index is 2.38. The van der Waals surface area contributed by atoms with Crippen molar-refractivity contribution in [1.82, 2.24) is 0 Å². The second-order valence-corrected chi connectivity index (χ2v) is 16.4. The molecule has 0 saturated heterocycles. The second kappa shape index (κ2) is 17.3. The first-order valence-electron chi connectivity index (χ1n) is 22.2. The third-order valence-electron chi connectivity index (χ3n) is 12.5. The van der Waals surface area contributed by atoms with Gasteiger partial charge in [0, 0.05) is 33.9 Å². The summed E-state index contributed by atoms with van der Waals surface area (Å²) in [5.41, 5.74) is 19.0. The first kappa shape index (κ1) is 38.7. The van der Waals surface area contributed by atoms with E-state index in [1.165, 1.54) is 44.2 Å². The molecule has 0 aliphatic heterocycles. The van der Waals surface area contributed by atoms with Gasteiger partial charge in [-0.2, -0.15) is 0 Å². The topological polar surface area (TPSA) is 6.48 Å². The van der Waals surface area contributed by atoms with E-state index in [2.05, 4.69) is 265 Å². The lowest BCUT2D eigenvalue weighted by atomic mass is 9.90. The van der Waals surface area contributed by atoms with Crippen LogP contribution in [0.3, 0.4) is 0 Å². The van der Waals surface area contributed by atoms with Gasteiger partial charge in [-0.3, -0.25) is 0 Å². The Bertz CT molecular complexity index is 3240. The summed E-state index contributed by atoms with van der Waals surface area (Å²) in [5, 5.41) is 2.51. The molecule has 304 valence electrons. The molecule has 0 amide bonds. The van der Waals surface area contributed by atoms with Crippen molar-refractivity contribution in [1.29, 1.82) is 0 Å². The first-order valence-corrected chi connectivity index (χ1v) is 22.2. The molecule has 10 aromatic rings. The van der Waals surface area contributed by atoms with Gasteiger partial charge in [-0.15, -0.1) is 0 Å². The van der Waals surface area contributed by atoms with Crippen LogP contribution in [0.25, 0.3) is 61.4 Å². The van der Waals surface area contributed by atoms with E-state index in [9.17, 15) is 0 Å². The maximum Gasteiger partial charge on any atom is 0.0540 e. The molecule has 0 spiro atoms. The minimum Gasteiger partial charge on any atom is -0.310 e. The van der Waals surface area contributed by atoms with E-state index in [1.807, 2.05) is 0 Å². The molecule has 0 aromatic heterocycles. The van der Waals surface area contributed by atoms with Crippen LogP contribution < -0.4 is 9.80 Å². The normalized spacial score (nSPS) is 11.9. The first-order chi connectivity index (χ1) is 31.8. The van der Waals surface area contributed by atoms with Crippen LogP contribution in [-0.2, 0) is 6.42 Å². The molecule has 1 aliphatic rings. The fourth-order valence-electron chi connectivity index (χ4n) is 9.44. The molecule has 10 aromatic carbocycles. The number of fused-ring (bicyclic) bond motifs is 2. The third-order valence-corrected chi connectivity index (χ3v) is 12.5. The Labute approximate surface area is 376 Å². The molecule has 2 heteroatoms. The fraction of sp³-hybridized carbons (Fsp3) is 0.0323. The number of rotatable bonds is 10. The lowest BCUT2D eigenvalue weighted by Gasteiger charge is -2.28. The third kappa shape index (κ3) is 7.46. The fourth-order valence-corrected chi connectivity index (χ4v) is 9.44. The molecular formula is C62H46N2. The van der Waals surface area contributed by atoms with Gasteiger partial charge in [-0.05, 0) is 129 Å². The molecule has 0 radical (unpaired) electrons. The zero-order valence-electron chi connectivity index (χ0n) is 35.6. The minimum absolute atomic E-state index is 1.10. The van der Waals surface area contributed by atoms with E-state index >= 15 is 0 Å². The molecule has 11 rings (SSSR count). The van der Waals surface area contributed by atoms with Crippen LogP contribution in [0.5, 0.6) is 0 Å². The average molecular weight is 819 g/mol. The van der Waals surface area contributed by atoms with Crippen LogP contribution in [-0.4, -0.2) is 0 Å². The molecule has 0 fully saturated rings. The highest BCUT2D eigenvalue weighted by atomic mass is 15.1. The van der Waals surface area contributed by atoms with Gasteiger partial charge in [0.15, 0.2) is 0 Å². The van der Waals surface area contributed by atoms with Crippen molar-refractivity contribution in [2.45, 2.75) is 12.8 Å². The number of hydrogen-bond acceptors (Lipinski definition) is 2. The molecule has 0 saturated carbocycles. The molecule has 0 heterocycles. The molecule has 0 bridgehead atoms. The highest BCUT2D eigenvalue weighted by Gasteiger charge is 2.20. The van der Waals surface area contributed by atoms with Crippen molar-refractivity contribution >= 4 is 51.0 Å². The number of aryl methyl sites for hydroxylation is 1. The summed E-state index contributed by atoms with van der Waals surface area (Å²) in [4.78, 5) is 4.75. The lowest BCUT2D eigenvalue weighted by molar-refractivity contribution is 0.986. The summed E-state index contributed by atoms with van der Waals surface area (Å²) < 4.78 is 0. The summed E-state index contributed by atoms with van der Waals surface area (Å²) in [7, 11) is 0. The SMILES string of the molecule is C1=Cc2c(cccc2-c2ccc(N(c3ccccc3)c3ccccc3-c3ccc(-c4ccccc4N(c4ccccc4)c4ccc(-c5cccc6ccccc56)cc4)cc3)cc2)CC1. The van der Waals surface area contributed by atoms with E-state index in [0.717, 1.165) is 69.2 Å². The summed E-state index contributed by atoms with van der Waals surface area (Å²) in [6.07, 6.45) is 6.79. The molecule has 0 N–H and O–H groups in total. The van der Waals surface area contributed by atoms with Crippen LogP contribution in [0.15, 0.2) is 249 Å². The van der Waals surface area contributed by atoms with Crippen molar-refractivity contribution in [2.75, 3.05) is 9.80 Å². The van der Waals surface area contributed by atoms with Crippen LogP contribution in [0.2, 0.25) is 0 Å². The van der Waals surface area contributed by atoms with Gasteiger partial charge >= 0.3 is 0 Å². The number of nitrogens with zero attached hydrogens (tertiary/aromatic N) is 2. The van der Waals surface area contributed by atoms with E-state index in [-0.39, 0.29) is 0 Å². The Morgan fingerprint density at radius 2 is 0.703 bits per heavy atom. The number of anilines is 6. The van der Waals surface area contributed by atoms with Crippen molar-refractivity contribution < 1.29 is 0 Å². The molecule has 0 unspecified atom stereocenters. The molecule has 1 aliphatic carbocycles. The predicted octanol–water partition coefficient (Wildman–Crippen LogP) is 17.4. The number of benzene rings is 10. The van der Waals surface area contributed by atoms with E-state index in [1.54, 1.807) is 0 Å². The van der Waals surface area contributed by atoms with Crippen molar-refractivity contribution in [3.63, 3.8) is 0 Å². The highest BCUT2D eigenvalue weighted by Crippen LogP contribution is 2.45. The summed E-state index contributed by atoms with van der Waals surface area (Å²) in [6, 6.07) is 87.9.